The Kier molecular flexibility index (Phi) is 6.55. The monoisotopic (exact) mass is 460 g/mol. The van der Waals surface area contributed by atoms with Crippen LogP contribution in [0.1, 0.15) is 21.5 Å². The van der Waals surface area contributed by atoms with Crippen molar-refractivity contribution in [1.82, 2.24) is 14.7 Å². The first-order valence-electron chi connectivity index (χ1n) is 10.4. The van der Waals surface area contributed by atoms with Gasteiger partial charge in [0.25, 0.3) is 15.9 Å². The van der Waals surface area contributed by atoms with Crippen LogP contribution in [-0.2, 0) is 23.1 Å². The molecule has 0 radical (unpaired) electrons. The Hall–Kier alpha value is -3.91. The smallest absolute Gasteiger partial charge is 0.261 e. The number of anilines is 1. The first kappa shape index (κ1) is 22.3. The van der Waals surface area contributed by atoms with Gasteiger partial charge < -0.3 is 4.90 Å². The van der Waals surface area contributed by atoms with Gasteiger partial charge in [-0.25, -0.2) is 8.42 Å². The van der Waals surface area contributed by atoms with E-state index in [1.165, 1.54) is 18.2 Å². The van der Waals surface area contributed by atoms with Crippen molar-refractivity contribution in [1.29, 1.82) is 0 Å². The minimum absolute atomic E-state index is 0.159. The Bertz CT molecular complexity index is 1340. The van der Waals surface area contributed by atoms with Gasteiger partial charge in [-0.1, -0.05) is 54.6 Å². The Morgan fingerprint density at radius 3 is 2.36 bits per heavy atom. The van der Waals surface area contributed by atoms with E-state index in [1.54, 1.807) is 54.5 Å². The van der Waals surface area contributed by atoms with Gasteiger partial charge >= 0.3 is 0 Å². The molecule has 33 heavy (non-hydrogen) atoms. The van der Waals surface area contributed by atoms with Gasteiger partial charge in [-0.3, -0.25) is 14.2 Å². The molecule has 1 aromatic heterocycles. The molecule has 168 valence electrons. The fourth-order valence-corrected chi connectivity index (χ4v) is 4.51. The molecule has 8 heteroatoms. The molecular formula is C25H24N4O3S. The number of hydrogen-bond donors (Lipinski definition) is 1. The third-order valence-electron chi connectivity index (χ3n) is 5.06. The highest BCUT2D eigenvalue weighted by Crippen LogP contribution is 2.18. The number of amides is 1. The Morgan fingerprint density at radius 2 is 1.64 bits per heavy atom. The standard InChI is InChI=1S/C25H24N4O3S/c1-28(17-21-16-26-29(19-21)18-20-9-4-2-5-10-20)25(30)22-11-8-12-23(15-22)27-33(31,32)24-13-6-3-7-14-24/h2-16,19,27H,17-18H2,1H3. The largest absolute Gasteiger partial charge is 0.337 e. The summed E-state index contributed by atoms with van der Waals surface area (Å²) in [7, 11) is -2.03. The van der Waals surface area contributed by atoms with Crippen molar-refractivity contribution in [3.8, 4) is 0 Å². The second kappa shape index (κ2) is 9.70. The molecule has 4 aromatic rings. The van der Waals surface area contributed by atoms with Crippen LogP contribution < -0.4 is 4.72 Å². The molecule has 0 bridgehead atoms. The van der Waals surface area contributed by atoms with Crippen molar-refractivity contribution in [2.24, 2.45) is 0 Å². The molecule has 0 saturated heterocycles. The third kappa shape index (κ3) is 5.67. The Morgan fingerprint density at radius 1 is 0.939 bits per heavy atom. The molecule has 0 saturated carbocycles. The highest BCUT2D eigenvalue weighted by molar-refractivity contribution is 7.92. The lowest BCUT2D eigenvalue weighted by molar-refractivity contribution is 0.0785. The van der Waals surface area contributed by atoms with Crippen LogP contribution in [0.2, 0.25) is 0 Å². The predicted molar refractivity (Wildman–Crippen MR) is 127 cm³/mol. The predicted octanol–water partition coefficient (Wildman–Crippen LogP) is 4.00. The zero-order chi connectivity index (χ0) is 23.3. The molecule has 0 aliphatic rings. The number of carbonyl (C=O) groups is 1. The van der Waals surface area contributed by atoms with Gasteiger partial charge in [0.1, 0.15) is 0 Å². The molecule has 1 heterocycles. The molecule has 0 aliphatic heterocycles. The lowest BCUT2D eigenvalue weighted by atomic mass is 10.1. The van der Waals surface area contributed by atoms with Crippen molar-refractivity contribution in [3.05, 3.63) is 114 Å². The van der Waals surface area contributed by atoms with Crippen LogP contribution >= 0.6 is 0 Å². The number of nitrogens with zero attached hydrogens (tertiary/aromatic N) is 3. The summed E-state index contributed by atoms with van der Waals surface area (Å²) in [6, 6.07) is 24.6. The Labute approximate surface area is 193 Å². The van der Waals surface area contributed by atoms with Crippen molar-refractivity contribution < 1.29 is 13.2 Å². The Balaban J connectivity index is 1.42. The highest BCUT2D eigenvalue weighted by Gasteiger charge is 2.17. The number of carbonyl (C=O) groups excluding carboxylic acids is 1. The minimum Gasteiger partial charge on any atom is -0.337 e. The van der Waals surface area contributed by atoms with E-state index < -0.39 is 10.0 Å². The highest BCUT2D eigenvalue weighted by atomic mass is 32.2. The van der Waals surface area contributed by atoms with Crippen LogP contribution in [0.5, 0.6) is 0 Å². The molecule has 1 amide bonds. The van der Waals surface area contributed by atoms with Crippen molar-refractivity contribution in [3.63, 3.8) is 0 Å². The molecule has 3 aromatic carbocycles. The summed E-state index contributed by atoms with van der Waals surface area (Å²) in [6.45, 7) is 1.04. The lowest BCUT2D eigenvalue weighted by Crippen LogP contribution is -2.26. The van der Waals surface area contributed by atoms with Crippen LogP contribution in [-0.4, -0.2) is 36.1 Å². The van der Waals surface area contributed by atoms with Gasteiger partial charge in [0.05, 0.1) is 17.6 Å². The van der Waals surface area contributed by atoms with Crippen molar-refractivity contribution in [2.75, 3.05) is 11.8 Å². The number of rotatable bonds is 8. The maximum atomic E-state index is 13.0. The number of nitrogens with one attached hydrogen (secondary N) is 1. The topological polar surface area (TPSA) is 84.3 Å². The van der Waals surface area contributed by atoms with Crippen LogP contribution in [0.4, 0.5) is 5.69 Å². The van der Waals surface area contributed by atoms with E-state index in [4.69, 9.17) is 0 Å². The van der Waals surface area contributed by atoms with Gasteiger partial charge in [-0.15, -0.1) is 0 Å². The zero-order valence-corrected chi connectivity index (χ0v) is 18.9. The van der Waals surface area contributed by atoms with E-state index in [1.807, 2.05) is 41.2 Å². The number of sulfonamides is 1. The number of hydrogen-bond acceptors (Lipinski definition) is 4. The molecule has 0 fully saturated rings. The second-order valence-electron chi connectivity index (χ2n) is 7.69. The second-order valence-corrected chi connectivity index (χ2v) is 9.37. The van der Waals surface area contributed by atoms with E-state index in [-0.39, 0.29) is 10.8 Å². The zero-order valence-electron chi connectivity index (χ0n) is 18.1. The van der Waals surface area contributed by atoms with E-state index in [9.17, 15) is 13.2 Å². The van der Waals surface area contributed by atoms with Gasteiger partial charge in [-0.2, -0.15) is 5.10 Å². The summed E-state index contributed by atoms with van der Waals surface area (Å²) in [4.78, 5) is 14.7. The first-order valence-corrected chi connectivity index (χ1v) is 11.9. The van der Waals surface area contributed by atoms with E-state index in [0.717, 1.165) is 11.1 Å². The molecular weight excluding hydrogens is 436 g/mol. The SMILES string of the molecule is CN(Cc1cnn(Cc2ccccc2)c1)C(=O)c1cccc(NS(=O)(=O)c2ccccc2)c1. The number of aromatic nitrogens is 2. The summed E-state index contributed by atoms with van der Waals surface area (Å²) in [5.74, 6) is -0.216. The van der Waals surface area contributed by atoms with Crippen LogP contribution in [0.3, 0.4) is 0 Å². The summed E-state index contributed by atoms with van der Waals surface area (Å²) in [6.07, 6.45) is 3.67. The average Bonchev–Trinajstić information content (AvgIpc) is 3.26. The first-order chi connectivity index (χ1) is 15.9. The summed E-state index contributed by atoms with van der Waals surface area (Å²) in [5, 5.41) is 4.38. The molecule has 0 unspecified atom stereocenters. The quantitative estimate of drug-likeness (QED) is 0.431. The van der Waals surface area contributed by atoms with E-state index in [2.05, 4.69) is 9.82 Å². The fourth-order valence-electron chi connectivity index (χ4n) is 3.44. The maximum absolute atomic E-state index is 13.0. The average molecular weight is 461 g/mol. The van der Waals surface area contributed by atoms with E-state index in [0.29, 0.717) is 24.3 Å². The molecule has 0 atom stereocenters. The van der Waals surface area contributed by atoms with Crippen LogP contribution in [0.25, 0.3) is 0 Å². The minimum atomic E-state index is -3.73. The summed E-state index contributed by atoms with van der Waals surface area (Å²) in [5.41, 5.74) is 2.77. The van der Waals surface area contributed by atoms with Gasteiger partial charge in [-0.05, 0) is 35.9 Å². The normalized spacial score (nSPS) is 11.2. The van der Waals surface area contributed by atoms with Gasteiger partial charge in [0, 0.05) is 36.6 Å². The molecule has 1 N–H and O–H groups in total. The summed E-state index contributed by atoms with van der Waals surface area (Å²) < 4.78 is 29.5. The molecule has 0 aliphatic carbocycles. The number of benzene rings is 3. The van der Waals surface area contributed by atoms with Gasteiger partial charge in [0.15, 0.2) is 0 Å². The third-order valence-corrected chi connectivity index (χ3v) is 6.45. The van der Waals surface area contributed by atoms with Crippen molar-refractivity contribution in [2.45, 2.75) is 18.0 Å². The van der Waals surface area contributed by atoms with Crippen LogP contribution in [0.15, 0.2) is 102 Å². The molecule has 7 nitrogen and oxygen atoms in total. The van der Waals surface area contributed by atoms with Gasteiger partial charge in [0.2, 0.25) is 0 Å². The molecule has 0 spiro atoms. The summed E-state index contributed by atoms with van der Waals surface area (Å²) >= 11 is 0. The fraction of sp³-hybridized carbons (Fsp3) is 0.120. The van der Waals surface area contributed by atoms with Crippen molar-refractivity contribution >= 4 is 21.6 Å². The maximum Gasteiger partial charge on any atom is 0.261 e. The van der Waals surface area contributed by atoms with E-state index >= 15 is 0 Å². The molecule has 4 rings (SSSR count). The lowest BCUT2D eigenvalue weighted by Gasteiger charge is -2.17. The van der Waals surface area contributed by atoms with Crippen LogP contribution in [0, 0.1) is 0 Å².